The van der Waals surface area contributed by atoms with Crippen molar-refractivity contribution >= 4 is 11.6 Å². The molecular formula is C10H13Cl. The molecule has 1 aromatic rings. The summed E-state index contributed by atoms with van der Waals surface area (Å²) in [5.41, 5.74) is 4.11. The van der Waals surface area contributed by atoms with Gasteiger partial charge in [-0.2, -0.15) is 0 Å². The van der Waals surface area contributed by atoms with Gasteiger partial charge in [0.25, 0.3) is 0 Å². The van der Waals surface area contributed by atoms with E-state index in [1.54, 1.807) is 0 Å². The quantitative estimate of drug-likeness (QED) is 0.596. The average Bonchev–Trinajstić information content (AvgIpc) is 1.97. The molecular weight excluding hydrogens is 156 g/mol. The molecule has 0 atom stereocenters. The maximum atomic E-state index is 5.68. The second-order valence-electron chi connectivity index (χ2n) is 2.81. The van der Waals surface area contributed by atoms with Crippen LogP contribution in [0.3, 0.4) is 0 Å². The number of alkyl halides is 1. The van der Waals surface area contributed by atoms with Crippen molar-refractivity contribution in [1.29, 1.82) is 0 Å². The van der Waals surface area contributed by atoms with E-state index in [0.29, 0.717) is 5.88 Å². The van der Waals surface area contributed by atoms with E-state index in [4.69, 9.17) is 11.6 Å². The van der Waals surface area contributed by atoms with E-state index in [1.807, 2.05) is 0 Å². The lowest BCUT2D eigenvalue weighted by Crippen LogP contribution is -1.93. The molecule has 0 unspecified atom stereocenters. The maximum Gasteiger partial charge on any atom is 0.0264 e. The Morgan fingerprint density at radius 1 is 1.18 bits per heavy atom. The molecule has 0 nitrogen and oxygen atoms in total. The highest BCUT2D eigenvalue weighted by atomic mass is 35.5. The first-order valence-electron chi connectivity index (χ1n) is 3.86. The van der Waals surface area contributed by atoms with Crippen molar-refractivity contribution in [3.8, 4) is 0 Å². The molecule has 0 spiro atoms. The fourth-order valence-corrected chi connectivity index (χ4v) is 1.53. The first kappa shape index (κ1) is 8.61. The van der Waals surface area contributed by atoms with E-state index in [0.717, 1.165) is 6.42 Å². The molecule has 1 heteroatoms. The Kier molecular flexibility index (Phi) is 2.95. The fourth-order valence-electron chi connectivity index (χ4n) is 1.34. The normalized spacial score (nSPS) is 10.1. The first-order valence-corrected chi connectivity index (χ1v) is 4.40. The van der Waals surface area contributed by atoms with Gasteiger partial charge in [0, 0.05) is 5.88 Å². The van der Waals surface area contributed by atoms with Crippen molar-refractivity contribution in [3.05, 3.63) is 34.9 Å². The maximum absolute atomic E-state index is 5.68. The van der Waals surface area contributed by atoms with Crippen LogP contribution in [0.1, 0.15) is 16.7 Å². The summed E-state index contributed by atoms with van der Waals surface area (Å²) in [7, 11) is 0. The van der Waals surface area contributed by atoms with Crippen molar-refractivity contribution in [3.63, 3.8) is 0 Å². The van der Waals surface area contributed by atoms with E-state index in [9.17, 15) is 0 Å². The molecule has 11 heavy (non-hydrogen) atoms. The van der Waals surface area contributed by atoms with Gasteiger partial charge < -0.3 is 0 Å². The molecule has 0 aliphatic rings. The van der Waals surface area contributed by atoms with Crippen LogP contribution in [0.5, 0.6) is 0 Å². The molecule has 1 aromatic carbocycles. The van der Waals surface area contributed by atoms with Crippen LogP contribution in [-0.2, 0) is 6.42 Å². The van der Waals surface area contributed by atoms with E-state index < -0.39 is 0 Å². The fraction of sp³-hybridized carbons (Fsp3) is 0.400. The van der Waals surface area contributed by atoms with Crippen LogP contribution in [0, 0.1) is 13.8 Å². The number of aryl methyl sites for hydroxylation is 2. The van der Waals surface area contributed by atoms with Gasteiger partial charge in [-0.15, -0.1) is 11.6 Å². The van der Waals surface area contributed by atoms with E-state index in [2.05, 4.69) is 32.0 Å². The Labute approximate surface area is 73.2 Å². The summed E-state index contributed by atoms with van der Waals surface area (Å²) in [6.45, 7) is 4.27. The third kappa shape index (κ3) is 1.97. The highest BCUT2D eigenvalue weighted by molar-refractivity contribution is 6.18. The van der Waals surface area contributed by atoms with Crippen molar-refractivity contribution in [2.45, 2.75) is 20.3 Å². The molecule has 0 bridgehead atoms. The molecule has 0 aromatic heterocycles. The lowest BCUT2D eigenvalue weighted by atomic mass is 10.0. The molecule has 0 aliphatic heterocycles. The molecule has 0 saturated heterocycles. The van der Waals surface area contributed by atoms with Crippen LogP contribution < -0.4 is 0 Å². The van der Waals surface area contributed by atoms with Crippen molar-refractivity contribution in [2.24, 2.45) is 0 Å². The summed E-state index contributed by atoms with van der Waals surface area (Å²) in [5.74, 6) is 0.714. The zero-order valence-corrected chi connectivity index (χ0v) is 7.78. The molecule has 1 rings (SSSR count). The largest absolute Gasteiger partial charge is 0.126 e. The monoisotopic (exact) mass is 168 g/mol. The SMILES string of the molecule is Cc1cccc(C)c1CCCl. The number of halogens is 1. The second kappa shape index (κ2) is 3.77. The molecule has 60 valence electrons. The Balaban J connectivity index is 3.00. The van der Waals surface area contributed by atoms with Crippen LogP contribution in [-0.4, -0.2) is 5.88 Å². The van der Waals surface area contributed by atoms with Gasteiger partial charge in [-0.3, -0.25) is 0 Å². The standard InChI is InChI=1S/C10H13Cl/c1-8-4-3-5-9(2)10(8)6-7-11/h3-5H,6-7H2,1-2H3. The molecule has 0 aliphatic carbocycles. The minimum atomic E-state index is 0.714. The summed E-state index contributed by atoms with van der Waals surface area (Å²) in [6, 6.07) is 6.35. The van der Waals surface area contributed by atoms with Gasteiger partial charge in [-0.05, 0) is 37.0 Å². The zero-order chi connectivity index (χ0) is 8.27. The van der Waals surface area contributed by atoms with Crippen LogP contribution in [0.15, 0.2) is 18.2 Å². The molecule has 0 amide bonds. The molecule has 0 saturated carbocycles. The van der Waals surface area contributed by atoms with Gasteiger partial charge in [0.1, 0.15) is 0 Å². The summed E-state index contributed by atoms with van der Waals surface area (Å²) in [4.78, 5) is 0. The molecule has 0 radical (unpaired) electrons. The number of hydrogen-bond donors (Lipinski definition) is 0. The summed E-state index contributed by atoms with van der Waals surface area (Å²) < 4.78 is 0. The Hall–Kier alpha value is -0.490. The average molecular weight is 169 g/mol. The summed E-state index contributed by atoms with van der Waals surface area (Å²) in [6.07, 6.45) is 0.986. The van der Waals surface area contributed by atoms with E-state index >= 15 is 0 Å². The van der Waals surface area contributed by atoms with Gasteiger partial charge in [-0.1, -0.05) is 18.2 Å². The zero-order valence-electron chi connectivity index (χ0n) is 7.02. The minimum Gasteiger partial charge on any atom is -0.126 e. The minimum absolute atomic E-state index is 0.714. The third-order valence-electron chi connectivity index (χ3n) is 1.99. The van der Waals surface area contributed by atoms with Gasteiger partial charge in [-0.25, -0.2) is 0 Å². The second-order valence-corrected chi connectivity index (χ2v) is 3.19. The van der Waals surface area contributed by atoms with Gasteiger partial charge in [0.05, 0.1) is 0 Å². The predicted octanol–water partition coefficient (Wildman–Crippen LogP) is 3.08. The van der Waals surface area contributed by atoms with E-state index in [-0.39, 0.29) is 0 Å². The summed E-state index contributed by atoms with van der Waals surface area (Å²) >= 11 is 5.68. The van der Waals surface area contributed by atoms with Crippen LogP contribution in [0.25, 0.3) is 0 Å². The summed E-state index contributed by atoms with van der Waals surface area (Å²) in [5, 5.41) is 0. The number of benzene rings is 1. The van der Waals surface area contributed by atoms with Crippen LogP contribution in [0.4, 0.5) is 0 Å². The van der Waals surface area contributed by atoms with Crippen molar-refractivity contribution in [2.75, 3.05) is 5.88 Å². The van der Waals surface area contributed by atoms with Crippen molar-refractivity contribution in [1.82, 2.24) is 0 Å². The predicted molar refractivity (Wildman–Crippen MR) is 50.3 cm³/mol. The Morgan fingerprint density at radius 3 is 2.18 bits per heavy atom. The topological polar surface area (TPSA) is 0 Å². The highest BCUT2D eigenvalue weighted by Crippen LogP contribution is 2.13. The molecule has 0 N–H and O–H groups in total. The number of hydrogen-bond acceptors (Lipinski definition) is 0. The van der Waals surface area contributed by atoms with Gasteiger partial charge in [0.15, 0.2) is 0 Å². The molecule has 0 heterocycles. The van der Waals surface area contributed by atoms with Gasteiger partial charge in [0.2, 0.25) is 0 Å². The van der Waals surface area contributed by atoms with Crippen LogP contribution in [0.2, 0.25) is 0 Å². The van der Waals surface area contributed by atoms with E-state index in [1.165, 1.54) is 16.7 Å². The smallest absolute Gasteiger partial charge is 0.0264 e. The lowest BCUT2D eigenvalue weighted by Gasteiger charge is -2.06. The van der Waals surface area contributed by atoms with Crippen molar-refractivity contribution < 1.29 is 0 Å². The number of rotatable bonds is 2. The Bertz CT molecular complexity index is 220. The molecule has 0 fully saturated rings. The highest BCUT2D eigenvalue weighted by Gasteiger charge is 1.99. The first-order chi connectivity index (χ1) is 5.25. The third-order valence-corrected chi connectivity index (χ3v) is 2.18. The van der Waals surface area contributed by atoms with Crippen LogP contribution >= 0.6 is 11.6 Å². The Morgan fingerprint density at radius 2 is 1.73 bits per heavy atom. The lowest BCUT2D eigenvalue weighted by molar-refractivity contribution is 1.09. The van der Waals surface area contributed by atoms with Gasteiger partial charge >= 0.3 is 0 Å².